The third-order valence-corrected chi connectivity index (χ3v) is 9.19. The average Bonchev–Trinajstić information content (AvgIpc) is 3.44. The molecule has 1 aliphatic carbocycles. The van der Waals surface area contributed by atoms with E-state index in [4.69, 9.17) is 16.3 Å². The second kappa shape index (κ2) is 13.2. The lowest BCUT2D eigenvalue weighted by Gasteiger charge is -2.36. The van der Waals surface area contributed by atoms with Crippen LogP contribution in [0.1, 0.15) is 56.9 Å². The lowest BCUT2D eigenvalue weighted by molar-refractivity contribution is -0.143. The van der Waals surface area contributed by atoms with Crippen LogP contribution in [0, 0.1) is 17.7 Å². The van der Waals surface area contributed by atoms with Crippen molar-refractivity contribution in [2.45, 2.75) is 57.4 Å². The van der Waals surface area contributed by atoms with E-state index in [-0.39, 0.29) is 47.1 Å². The first kappa shape index (κ1) is 30.0. The smallest absolute Gasteiger partial charge is 0.410 e. The monoisotopic (exact) mass is 597 g/mol. The van der Waals surface area contributed by atoms with E-state index in [0.717, 1.165) is 5.56 Å². The predicted molar refractivity (Wildman–Crippen MR) is 156 cm³/mol. The number of amides is 3. The van der Waals surface area contributed by atoms with Crippen molar-refractivity contribution < 1.29 is 28.3 Å². The molecule has 8 nitrogen and oxygen atoms in total. The Kier molecular flexibility index (Phi) is 9.46. The van der Waals surface area contributed by atoms with Gasteiger partial charge >= 0.3 is 6.09 Å². The fourth-order valence-electron chi connectivity index (χ4n) is 6.53. The van der Waals surface area contributed by atoms with E-state index in [1.54, 1.807) is 17.0 Å². The molecule has 3 amide bonds. The number of carbonyl (C=O) groups excluding carboxylic acids is 4. The summed E-state index contributed by atoms with van der Waals surface area (Å²) in [4.78, 5) is 57.0. The summed E-state index contributed by atoms with van der Waals surface area (Å²) in [7, 11) is 0. The number of ketones is 1. The van der Waals surface area contributed by atoms with Crippen LogP contribution in [0.15, 0.2) is 48.5 Å². The fraction of sp³-hybridized carbons (Fsp3) is 0.500. The van der Waals surface area contributed by atoms with Crippen LogP contribution in [0.2, 0.25) is 5.02 Å². The molecule has 42 heavy (non-hydrogen) atoms. The molecule has 0 N–H and O–H groups in total. The highest BCUT2D eigenvalue weighted by Crippen LogP contribution is 2.35. The van der Waals surface area contributed by atoms with Gasteiger partial charge in [-0.2, -0.15) is 0 Å². The van der Waals surface area contributed by atoms with Gasteiger partial charge in [-0.3, -0.25) is 14.4 Å². The summed E-state index contributed by atoms with van der Waals surface area (Å²) < 4.78 is 18.9. The molecule has 0 unspecified atom stereocenters. The molecule has 3 fully saturated rings. The van der Waals surface area contributed by atoms with Crippen molar-refractivity contribution in [1.82, 2.24) is 14.7 Å². The number of nitrogens with zero attached hydrogens (tertiary/aromatic N) is 3. The Hall–Kier alpha value is -3.46. The highest BCUT2D eigenvalue weighted by atomic mass is 35.5. The summed E-state index contributed by atoms with van der Waals surface area (Å²) in [5.74, 6) is -0.245. The lowest BCUT2D eigenvalue weighted by Crippen LogP contribution is -2.47. The summed E-state index contributed by atoms with van der Waals surface area (Å²) in [6, 6.07) is 12.4. The van der Waals surface area contributed by atoms with Gasteiger partial charge in [0.1, 0.15) is 17.3 Å². The van der Waals surface area contributed by atoms with Crippen LogP contribution in [-0.4, -0.2) is 77.2 Å². The van der Waals surface area contributed by atoms with Crippen LogP contribution in [0.4, 0.5) is 9.18 Å². The van der Waals surface area contributed by atoms with Crippen LogP contribution in [0.25, 0.3) is 0 Å². The first-order valence-corrected chi connectivity index (χ1v) is 15.2. The Morgan fingerprint density at radius 1 is 0.881 bits per heavy atom. The van der Waals surface area contributed by atoms with Crippen molar-refractivity contribution >= 4 is 35.3 Å². The molecule has 0 bridgehead atoms. The van der Waals surface area contributed by atoms with Crippen LogP contribution in [0.3, 0.4) is 0 Å². The molecule has 2 aliphatic heterocycles. The molecule has 10 heteroatoms. The van der Waals surface area contributed by atoms with Crippen molar-refractivity contribution in [3.8, 4) is 5.75 Å². The Labute approximate surface area is 250 Å². The first-order chi connectivity index (χ1) is 20.2. The topological polar surface area (TPSA) is 87.2 Å². The van der Waals surface area contributed by atoms with Gasteiger partial charge in [0.15, 0.2) is 0 Å². The van der Waals surface area contributed by atoms with Gasteiger partial charge in [0.25, 0.3) is 0 Å². The van der Waals surface area contributed by atoms with E-state index < -0.39 is 11.9 Å². The van der Waals surface area contributed by atoms with Gasteiger partial charge in [0, 0.05) is 68.3 Å². The second-order valence-corrected chi connectivity index (χ2v) is 11.9. The van der Waals surface area contributed by atoms with Gasteiger partial charge in [0.05, 0.1) is 6.04 Å². The standard InChI is InChI=1S/C32H37ClFN3O5/c1-2-37(32(41)42-27-13-9-25(34)10-14-27)29-20-36(19-28(29)21-3-7-24(33)8-4-21)31(40)23-15-17-35(18-16-23)30(39)22-5-11-26(38)12-6-22/h3-4,7-10,13-14,22-23,28-29H,2,5-6,11-12,15-20H2,1H3/t28-,29+/m0/s1. The number of piperidine rings is 1. The molecule has 2 aromatic rings. The normalized spacial score (nSPS) is 21.8. The lowest BCUT2D eigenvalue weighted by atomic mass is 9.86. The number of ether oxygens (including phenoxy) is 1. The number of rotatable bonds is 6. The maximum atomic E-state index is 13.8. The molecular formula is C32H37ClFN3O5. The number of likely N-dealkylation sites (tertiary alicyclic amines) is 2. The molecule has 224 valence electrons. The van der Waals surface area contributed by atoms with Crippen molar-refractivity contribution in [2.75, 3.05) is 32.7 Å². The zero-order valence-corrected chi connectivity index (χ0v) is 24.6. The van der Waals surface area contributed by atoms with E-state index >= 15 is 0 Å². The summed E-state index contributed by atoms with van der Waals surface area (Å²) in [6.07, 6.45) is 2.81. The number of benzene rings is 2. The number of halogens is 2. The van der Waals surface area contributed by atoms with Crippen LogP contribution in [0.5, 0.6) is 5.75 Å². The van der Waals surface area contributed by atoms with Gasteiger partial charge < -0.3 is 19.4 Å². The molecule has 0 spiro atoms. The third-order valence-electron chi connectivity index (χ3n) is 8.94. The van der Waals surface area contributed by atoms with Crippen molar-refractivity contribution in [3.05, 3.63) is 64.9 Å². The first-order valence-electron chi connectivity index (χ1n) is 14.8. The third kappa shape index (κ3) is 6.77. The average molecular weight is 598 g/mol. The number of likely N-dealkylation sites (N-methyl/N-ethyl adjacent to an activating group) is 1. The van der Waals surface area contributed by atoms with E-state index in [2.05, 4.69) is 0 Å². The molecule has 2 heterocycles. The van der Waals surface area contributed by atoms with Gasteiger partial charge in [-0.25, -0.2) is 9.18 Å². The zero-order chi connectivity index (χ0) is 29.8. The molecule has 5 rings (SSSR count). The summed E-state index contributed by atoms with van der Waals surface area (Å²) >= 11 is 6.15. The molecule has 2 aromatic carbocycles. The number of carbonyl (C=O) groups is 4. The maximum Gasteiger partial charge on any atom is 0.415 e. The largest absolute Gasteiger partial charge is 0.415 e. The SMILES string of the molecule is CCN(C(=O)Oc1ccc(F)cc1)[C@@H]1CN(C(=O)C2CCN(C(=O)C3CCC(=O)CC3)CC2)C[C@H]1c1ccc(Cl)cc1. The Balaban J connectivity index is 1.26. The molecular weight excluding hydrogens is 561 g/mol. The van der Waals surface area contributed by atoms with Crippen molar-refractivity contribution in [2.24, 2.45) is 11.8 Å². The van der Waals surface area contributed by atoms with Crippen molar-refractivity contribution in [1.29, 1.82) is 0 Å². The highest BCUT2D eigenvalue weighted by molar-refractivity contribution is 6.30. The summed E-state index contributed by atoms with van der Waals surface area (Å²) in [6.45, 7) is 4.09. The minimum absolute atomic E-state index is 0.0368. The minimum atomic E-state index is -0.557. The Bertz CT molecular complexity index is 1290. The van der Waals surface area contributed by atoms with Gasteiger partial charge in [-0.15, -0.1) is 0 Å². The predicted octanol–water partition coefficient (Wildman–Crippen LogP) is 5.29. The van der Waals surface area contributed by atoms with Gasteiger partial charge in [-0.05, 0) is 74.6 Å². The van der Waals surface area contributed by atoms with Gasteiger partial charge in [0.2, 0.25) is 11.8 Å². The molecule has 0 radical (unpaired) electrons. The quantitative estimate of drug-likeness (QED) is 0.451. The molecule has 1 saturated carbocycles. The van der Waals surface area contributed by atoms with E-state index in [1.165, 1.54) is 24.3 Å². The fourth-order valence-corrected chi connectivity index (χ4v) is 6.66. The van der Waals surface area contributed by atoms with Crippen LogP contribution < -0.4 is 4.74 Å². The minimum Gasteiger partial charge on any atom is -0.410 e. The zero-order valence-electron chi connectivity index (χ0n) is 23.8. The highest BCUT2D eigenvalue weighted by Gasteiger charge is 2.43. The maximum absolute atomic E-state index is 13.8. The molecule has 2 saturated heterocycles. The second-order valence-electron chi connectivity index (χ2n) is 11.5. The van der Waals surface area contributed by atoms with Crippen LogP contribution >= 0.6 is 11.6 Å². The summed E-state index contributed by atoms with van der Waals surface area (Å²) in [5, 5.41) is 0.602. The van der Waals surface area contributed by atoms with E-state index in [1.807, 2.05) is 28.9 Å². The van der Waals surface area contributed by atoms with Crippen LogP contribution in [-0.2, 0) is 14.4 Å². The number of hydrogen-bond donors (Lipinski definition) is 0. The molecule has 0 aromatic heterocycles. The number of Topliss-reactive ketones (excluding diaryl/α,β-unsaturated/α-hetero) is 1. The number of hydrogen-bond acceptors (Lipinski definition) is 5. The molecule has 3 aliphatic rings. The van der Waals surface area contributed by atoms with Crippen molar-refractivity contribution in [3.63, 3.8) is 0 Å². The Morgan fingerprint density at radius 2 is 1.48 bits per heavy atom. The summed E-state index contributed by atoms with van der Waals surface area (Å²) in [5.41, 5.74) is 0.971. The van der Waals surface area contributed by atoms with E-state index in [0.29, 0.717) is 76.3 Å². The van der Waals surface area contributed by atoms with E-state index in [9.17, 15) is 23.6 Å². The molecule has 2 atom stereocenters. The van der Waals surface area contributed by atoms with Gasteiger partial charge in [-0.1, -0.05) is 23.7 Å². The Morgan fingerprint density at radius 3 is 2.10 bits per heavy atom.